The van der Waals surface area contributed by atoms with E-state index in [2.05, 4.69) is 0 Å². The van der Waals surface area contributed by atoms with Gasteiger partial charge >= 0.3 is 24.7 Å². The SMILES string of the molecule is FC(F)(F)c1cc(-c2ccc3c(c2)c2cc(-c4cc(C(F)(F)F)cc(C(F)(F)F)c4)ccc2n3-c2ccc(-c3nc(-c4ccccc4)cc(-c4ccccc4)n3)cc2-c2nc(-c3ccccc3)nc(-c3ccccc3)n2)cc(C(F)(F)F)c1. The summed E-state index contributed by atoms with van der Waals surface area (Å²) in [5.74, 6) is 0.894. The molecule has 83 heavy (non-hydrogen) atoms. The Morgan fingerprint density at radius 1 is 0.253 bits per heavy atom. The van der Waals surface area contributed by atoms with Gasteiger partial charge in [0, 0.05) is 44.2 Å². The van der Waals surface area contributed by atoms with Gasteiger partial charge in [0.05, 0.1) is 50.4 Å². The van der Waals surface area contributed by atoms with Crippen molar-refractivity contribution >= 4 is 21.8 Å². The Hall–Kier alpha value is -9.97. The topological polar surface area (TPSA) is 69.4 Å². The molecule has 3 heterocycles. The highest BCUT2D eigenvalue weighted by molar-refractivity contribution is 6.12. The lowest BCUT2D eigenvalue weighted by Gasteiger charge is -2.17. The first-order chi connectivity index (χ1) is 39.6. The van der Waals surface area contributed by atoms with E-state index in [1.165, 1.54) is 36.4 Å². The minimum absolute atomic E-state index is 0.00530. The molecule has 0 atom stereocenters. The van der Waals surface area contributed by atoms with Crippen LogP contribution in [0.2, 0.25) is 0 Å². The molecular formula is C65H36F12N6. The smallest absolute Gasteiger partial charge is 0.308 e. The Kier molecular flexibility index (Phi) is 13.3. The fourth-order valence-electron chi connectivity index (χ4n) is 9.95. The Balaban J connectivity index is 1.17. The Morgan fingerprint density at radius 2 is 0.590 bits per heavy atom. The minimum atomic E-state index is -5.21. The largest absolute Gasteiger partial charge is 0.416 e. The molecule has 0 saturated carbocycles. The maximum absolute atomic E-state index is 14.3. The summed E-state index contributed by atoms with van der Waals surface area (Å²) in [7, 11) is 0. The van der Waals surface area contributed by atoms with E-state index in [0.717, 1.165) is 11.1 Å². The maximum atomic E-state index is 14.3. The lowest BCUT2D eigenvalue weighted by Crippen LogP contribution is -2.11. The van der Waals surface area contributed by atoms with E-state index in [1.54, 1.807) is 22.8 Å². The van der Waals surface area contributed by atoms with Crippen LogP contribution in [0.3, 0.4) is 0 Å². The van der Waals surface area contributed by atoms with Crippen LogP contribution in [0.5, 0.6) is 0 Å². The molecule has 12 rings (SSSR count). The predicted molar refractivity (Wildman–Crippen MR) is 293 cm³/mol. The number of aromatic nitrogens is 6. The summed E-state index contributed by atoms with van der Waals surface area (Å²) in [6, 6.07) is 54.5. The summed E-state index contributed by atoms with van der Waals surface area (Å²) in [5.41, 5.74) is -2.01. The molecule has 0 aliphatic heterocycles. The molecule has 0 fully saturated rings. The molecule has 0 saturated heterocycles. The van der Waals surface area contributed by atoms with E-state index in [0.29, 0.717) is 63.6 Å². The average Bonchev–Trinajstić information content (AvgIpc) is 2.24. The van der Waals surface area contributed by atoms with Crippen molar-refractivity contribution in [2.45, 2.75) is 24.7 Å². The minimum Gasteiger partial charge on any atom is -0.308 e. The number of hydrogen-bond acceptors (Lipinski definition) is 5. The van der Waals surface area contributed by atoms with E-state index < -0.39 is 58.1 Å². The predicted octanol–water partition coefficient (Wildman–Crippen LogP) is 19.2. The first-order valence-electron chi connectivity index (χ1n) is 25.3. The normalized spacial score (nSPS) is 12.3. The van der Waals surface area contributed by atoms with Crippen LogP contribution >= 0.6 is 0 Å². The van der Waals surface area contributed by atoms with Gasteiger partial charge in [-0.15, -0.1) is 0 Å². The van der Waals surface area contributed by atoms with E-state index in [9.17, 15) is 52.7 Å². The molecule has 18 heteroatoms. The van der Waals surface area contributed by atoms with Gasteiger partial charge < -0.3 is 4.57 Å². The van der Waals surface area contributed by atoms with Gasteiger partial charge in [0.15, 0.2) is 23.3 Å². The summed E-state index contributed by atoms with van der Waals surface area (Å²) in [5, 5.41) is 0.278. The van der Waals surface area contributed by atoms with Crippen LogP contribution in [0, 0.1) is 0 Å². The third-order valence-electron chi connectivity index (χ3n) is 13.9. The van der Waals surface area contributed by atoms with E-state index in [4.69, 9.17) is 24.9 Å². The highest BCUT2D eigenvalue weighted by Crippen LogP contribution is 2.45. The number of alkyl halides is 12. The van der Waals surface area contributed by atoms with Gasteiger partial charge in [-0.05, 0) is 107 Å². The molecule has 0 unspecified atom stereocenters. The Labute approximate surface area is 463 Å². The fourth-order valence-corrected chi connectivity index (χ4v) is 9.95. The van der Waals surface area contributed by atoms with Crippen molar-refractivity contribution in [1.82, 2.24) is 29.5 Å². The molecular weight excluding hydrogens is 1090 g/mol. The van der Waals surface area contributed by atoms with Crippen molar-refractivity contribution in [3.05, 3.63) is 241 Å². The second-order valence-electron chi connectivity index (χ2n) is 19.4. The van der Waals surface area contributed by atoms with Crippen molar-refractivity contribution in [3.63, 3.8) is 0 Å². The molecule has 0 radical (unpaired) electrons. The molecule has 6 nitrogen and oxygen atoms in total. The van der Waals surface area contributed by atoms with Crippen LogP contribution in [0.4, 0.5) is 52.7 Å². The average molecular weight is 1130 g/mol. The molecule has 0 N–H and O–H groups in total. The van der Waals surface area contributed by atoms with Gasteiger partial charge in [0.1, 0.15) is 0 Å². The number of benzene rings is 9. The summed E-state index contributed by atoms with van der Waals surface area (Å²) in [4.78, 5) is 25.2. The van der Waals surface area contributed by atoms with Crippen LogP contribution in [0.1, 0.15) is 22.3 Å². The van der Waals surface area contributed by atoms with Crippen molar-refractivity contribution in [2.75, 3.05) is 0 Å². The third-order valence-corrected chi connectivity index (χ3v) is 13.9. The number of fused-ring (bicyclic) bond motifs is 3. The molecule has 0 amide bonds. The van der Waals surface area contributed by atoms with Crippen molar-refractivity contribution in [2.24, 2.45) is 0 Å². The highest BCUT2D eigenvalue weighted by atomic mass is 19.4. The van der Waals surface area contributed by atoms with Crippen LogP contribution in [-0.4, -0.2) is 29.5 Å². The van der Waals surface area contributed by atoms with Gasteiger partial charge in [-0.2, -0.15) is 52.7 Å². The second kappa shape index (κ2) is 20.5. The standard InChI is InChI=1S/C65H36F12N6/c66-62(67,68)46-27-44(28-47(34-46)63(69,70)71)41-21-24-55-50(31-41)51-32-42(45-29-48(64(72,73)74)35-49(30-45)65(75,76)77)22-25-56(51)83(55)57-26-23-43(60-78-53(37-13-5-1-6-14-37)36-54(79-60)38-15-7-2-8-16-38)33-52(57)61-81-58(39-17-9-3-10-18-39)80-59(82-61)40-19-11-4-12-20-40/h1-36H. The highest BCUT2D eigenvalue weighted by Gasteiger charge is 2.39. The molecule has 12 aromatic rings. The second-order valence-corrected chi connectivity index (χ2v) is 19.4. The van der Waals surface area contributed by atoms with Gasteiger partial charge in [-0.3, -0.25) is 0 Å². The van der Waals surface area contributed by atoms with Gasteiger partial charge in [0.2, 0.25) is 0 Å². The van der Waals surface area contributed by atoms with Crippen LogP contribution in [0.25, 0.3) is 118 Å². The van der Waals surface area contributed by atoms with Gasteiger partial charge in [-0.1, -0.05) is 133 Å². The number of hydrogen-bond donors (Lipinski definition) is 0. The third kappa shape index (κ3) is 10.8. The van der Waals surface area contributed by atoms with Crippen molar-refractivity contribution < 1.29 is 52.7 Å². The maximum Gasteiger partial charge on any atom is 0.416 e. The zero-order valence-electron chi connectivity index (χ0n) is 42.5. The molecule has 0 spiro atoms. The lowest BCUT2D eigenvalue weighted by molar-refractivity contribution is -0.144. The van der Waals surface area contributed by atoms with Crippen LogP contribution < -0.4 is 0 Å². The number of rotatable bonds is 9. The monoisotopic (exact) mass is 1130 g/mol. The van der Waals surface area contributed by atoms with Crippen LogP contribution in [-0.2, 0) is 24.7 Å². The summed E-state index contributed by atoms with van der Waals surface area (Å²) < 4.78 is 174. The van der Waals surface area contributed by atoms with E-state index >= 15 is 0 Å². The first-order valence-corrected chi connectivity index (χ1v) is 25.3. The fraction of sp³-hybridized carbons (Fsp3) is 0.0615. The molecule has 0 aliphatic carbocycles. The molecule has 0 aliphatic rings. The van der Waals surface area contributed by atoms with E-state index in [-0.39, 0.29) is 68.4 Å². The molecule has 9 aromatic carbocycles. The summed E-state index contributed by atoms with van der Waals surface area (Å²) in [6.07, 6.45) is -20.8. The molecule has 410 valence electrons. The van der Waals surface area contributed by atoms with Crippen LogP contribution in [0.15, 0.2) is 218 Å². The number of nitrogens with zero attached hydrogens (tertiary/aromatic N) is 6. The van der Waals surface area contributed by atoms with Gasteiger partial charge in [0.25, 0.3) is 0 Å². The van der Waals surface area contributed by atoms with Gasteiger partial charge in [-0.25, -0.2) is 24.9 Å². The quantitative estimate of drug-likeness (QED) is 0.135. The summed E-state index contributed by atoms with van der Waals surface area (Å²) >= 11 is 0. The summed E-state index contributed by atoms with van der Waals surface area (Å²) in [6.45, 7) is 0. The first kappa shape index (κ1) is 53.7. The Morgan fingerprint density at radius 3 is 0.964 bits per heavy atom. The molecule has 3 aromatic heterocycles. The number of halogens is 12. The van der Waals surface area contributed by atoms with Crippen molar-refractivity contribution in [1.29, 1.82) is 0 Å². The van der Waals surface area contributed by atoms with E-state index in [1.807, 2.05) is 127 Å². The lowest BCUT2D eigenvalue weighted by atomic mass is 9.96. The Bertz CT molecular complexity index is 4110. The van der Waals surface area contributed by atoms with Crippen molar-refractivity contribution in [3.8, 4) is 96.0 Å². The zero-order chi connectivity index (χ0) is 58.0. The zero-order valence-corrected chi connectivity index (χ0v) is 42.5. The molecule has 0 bridgehead atoms.